The van der Waals surface area contributed by atoms with Crippen LogP contribution in [-0.2, 0) is 4.79 Å². The molecule has 1 amide bonds. The van der Waals surface area contributed by atoms with Crippen molar-refractivity contribution in [1.82, 2.24) is 10.6 Å². The van der Waals surface area contributed by atoms with Crippen LogP contribution in [0.3, 0.4) is 0 Å². The van der Waals surface area contributed by atoms with Gasteiger partial charge in [0.2, 0.25) is 5.91 Å². The van der Waals surface area contributed by atoms with Gasteiger partial charge in [-0.3, -0.25) is 4.79 Å². The van der Waals surface area contributed by atoms with Crippen molar-refractivity contribution in [3.05, 3.63) is 35.9 Å². The van der Waals surface area contributed by atoms with E-state index in [9.17, 15) is 4.79 Å². The van der Waals surface area contributed by atoms with E-state index in [0.717, 1.165) is 19.5 Å². The van der Waals surface area contributed by atoms with E-state index >= 15 is 0 Å². The molecule has 0 aliphatic heterocycles. The first kappa shape index (κ1) is 13.7. The van der Waals surface area contributed by atoms with Gasteiger partial charge in [-0.2, -0.15) is 0 Å². The van der Waals surface area contributed by atoms with Crippen LogP contribution < -0.4 is 10.6 Å². The second kappa shape index (κ2) is 7.85. The first-order valence-electron chi connectivity index (χ1n) is 6.26. The number of nitrogens with one attached hydrogen (secondary N) is 2. The smallest absolute Gasteiger partial charge is 0.233 e. The van der Waals surface area contributed by atoms with Crippen LogP contribution in [0.1, 0.15) is 31.7 Å². The molecule has 1 aromatic rings. The molecule has 3 nitrogen and oxygen atoms in total. The van der Waals surface area contributed by atoms with E-state index in [1.807, 2.05) is 25.1 Å². The summed E-state index contributed by atoms with van der Waals surface area (Å²) in [5, 5.41) is 6.02. The predicted molar refractivity (Wildman–Crippen MR) is 71.0 cm³/mol. The molecular weight excluding hydrogens is 212 g/mol. The molecule has 0 heterocycles. The molecule has 94 valence electrons. The lowest BCUT2D eigenvalue weighted by atomic mass is 10.0. The number of rotatable bonds is 7. The summed E-state index contributed by atoms with van der Waals surface area (Å²) in [5.41, 5.74) is 1.30. The van der Waals surface area contributed by atoms with Gasteiger partial charge in [0.05, 0.1) is 6.54 Å². The van der Waals surface area contributed by atoms with E-state index in [2.05, 4.69) is 29.7 Å². The van der Waals surface area contributed by atoms with E-state index in [0.29, 0.717) is 12.5 Å². The number of amides is 1. The van der Waals surface area contributed by atoms with Crippen LogP contribution in [0, 0.1) is 0 Å². The van der Waals surface area contributed by atoms with E-state index < -0.39 is 0 Å². The van der Waals surface area contributed by atoms with E-state index in [-0.39, 0.29) is 5.91 Å². The van der Waals surface area contributed by atoms with Gasteiger partial charge in [-0.1, -0.05) is 44.2 Å². The maximum atomic E-state index is 11.3. The maximum absolute atomic E-state index is 11.3. The molecule has 0 aliphatic carbocycles. The predicted octanol–water partition coefficient (Wildman–Crippen LogP) is 1.91. The molecule has 1 atom stereocenters. The molecule has 1 unspecified atom stereocenters. The molecule has 0 radical (unpaired) electrons. The van der Waals surface area contributed by atoms with E-state index in [1.165, 1.54) is 5.56 Å². The largest absolute Gasteiger partial charge is 0.355 e. The highest BCUT2D eigenvalue weighted by molar-refractivity contribution is 5.77. The molecular formula is C14H22N2O. The molecule has 0 spiro atoms. The van der Waals surface area contributed by atoms with Gasteiger partial charge in [0, 0.05) is 13.1 Å². The lowest BCUT2D eigenvalue weighted by Gasteiger charge is -2.12. The van der Waals surface area contributed by atoms with Gasteiger partial charge in [0.15, 0.2) is 0 Å². The molecule has 17 heavy (non-hydrogen) atoms. The third-order valence-electron chi connectivity index (χ3n) is 2.68. The standard InChI is InChI=1S/C14H22N2O/c1-3-9-16-14(17)11-15-10-12(2)13-7-5-4-6-8-13/h4-8,12,15H,3,9-11H2,1-2H3,(H,16,17). The van der Waals surface area contributed by atoms with Crippen molar-refractivity contribution in [2.45, 2.75) is 26.2 Å². The van der Waals surface area contributed by atoms with Gasteiger partial charge in [-0.05, 0) is 17.9 Å². The van der Waals surface area contributed by atoms with Gasteiger partial charge in [0.1, 0.15) is 0 Å². The Morgan fingerprint density at radius 3 is 2.65 bits per heavy atom. The zero-order chi connectivity index (χ0) is 12.5. The Bertz CT molecular complexity index is 324. The molecule has 2 N–H and O–H groups in total. The minimum Gasteiger partial charge on any atom is -0.355 e. The Balaban J connectivity index is 2.20. The lowest BCUT2D eigenvalue weighted by molar-refractivity contribution is -0.120. The Hall–Kier alpha value is -1.35. The summed E-state index contributed by atoms with van der Waals surface area (Å²) >= 11 is 0. The van der Waals surface area contributed by atoms with Crippen molar-refractivity contribution in [2.24, 2.45) is 0 Å². The van der Waals surface area contributed by atoms with Crippen LogP contribution in [-0.4, -0.2) is 25.5 Å². The number of carbonyl (C=O) groups is 1. The van der Waals surface area contributed by atoms with Crippen molar-refractivity contribution in [1.29, 1.82) is 0 Å². The summed E-state index contributed by atoms with van der Waals surface area (Å²) in [6.07, 6.45) is 0.978. The number of benzene rings is 1. The second-order valence-corrected chi connectivity index (χ2v) is 4.29. The average Bonchev–Trinajstić information content (AvgIpc) is 2.37. The van der Waals surface area contributed by atoms with Crippen LogP contribution in [0.4, 0.5) is 0 Å². The molecule has 0 bridgehead atoms. The number of carbonyl (C=O) groups excluding carboxylic acids is 1. The van der Waals surface area contributed by atoms with Gasteiger partial charge in [0.25, 0.3) is 0 Å². The Kier molecular flexibility index (Phi) is 6.33. The SMILES string of the molecule is CCCNC(=O)CNCC(C)c1ccccc1. The third kappa shape index (κ3) is 5.50. The summed E-state index contributed by atoms with van der Waals surface area (Å²) in [5.74, 6) is 0.502. The minimum atomic E-state index is 0.0760. The molecule has 0 saturated heterocycles. The fourth-order valence-electron chi connectivity index (χ4n) is 1.63. The third-order valence-corrected chi connectivity index (χ3v) is 2.68. The summed E-state index contributed by atoms with van der Waals surface area (Å²) < 4.78 is 0. The average molecular weight is 234 g/mol. The highest BCUT2D eigenvalue weighted by Gasteiger charge is 2.05. The van der Waals surface area contributed by atoms with E-state index in [4.69, 9.17) is 0 Å². The van der Waals surface area contributed by atoms with Gasteiger partial charge >= 0.3 is 0 Å². The molecule has 1 rings (SSSR count). The Morgan fingerprint density at radius 1 is 1.29 bits per heavy atom. The molecule has 1 aromatic carbocycles. The van der Waals surface area contributed by atoms with Crippen molar-refractivity contribution in [3.63, 3.8) is 0 Å². The Labute approximate surface area is 104 Å². The highest BCUT2D eigenvalue weighted by Crippen LogP contribution is 2.12. The second-order valence-electron chi connectivity index (χ2n) is 4.29. The summed E-state index contributed by atoms with van der Waals surface area (Å²) in [6.45, 7) is 6.19. The van der Waals surface area contributed by atoms with Crippen molar-refractivity contribution in [3.8, 4) is 0 Å². The van der Waals surface area contributed by atoms with Crippen LogP contribution in [0.5, 0.6) is 0 Å². The first-order valence-corrected chi connectivity index (χ1v) is 6.26. The zero-order valence-electron chi connectivity index (χ0n) is 10.7. The van der Waals surface area contributed by atoms with Crippen LogP contribution in [0.25, 0.3) is 0 Å². The molecule has 3 heteroatoms. The lowest BCUT2D eigenvalue weighted by Crippen LogP contribution is -2.35. The van der Waals surface area contributed by atoms with Crippen LogP contribution in [0.2, 0.25) is 0 Å². The van der Waals surface area contributed by atoms with Crippen LogP contribution in [0.15, 0.2) is 30.3 Å². The molecule has 0 fully saturated rings. The number of hydrogen-bond acceptors (Lipinski definition) is 2. The van der Waals surface area contributed by atoms with Gasteiger partial charge in [-0.15, -0.1) is 0 Å². The monoisotopic (exact) mass is 234 g/mol. The minimum absolute atomic E-state index is 0.0760. The zero-order valence-corrected chi connectivity index (χ0v) is 10.7. The fraction of sp³-hybridized carbons (Fsp3) is 0.500. The van der Waals surface area contributed by atoms with Crippen molar-refractivity contribution in [2.75, 3.05) is 19.6 Å². The fourth-order valence-corrected chi connectivity index (χ4v) is 1.63. The highest BCUT2D eigenvalue weighted by atomic mass is 16.1. The number of hydrogen-bond donors (Lipinski definition) is 2. The van der Waals surface area contributed by atoms with Crippen molar-refractivity contribution >= 4 is 5.91 Å². The van der Waals surface area contributed by atoms with Gasteiger partial charge < -0.3 is 10.6 Å². The quantitative estimate of drug-likeness (QED) is 0.756. The summed E-state index contributed by atoms with van der Waals surface area (Å²) in [7, 11) is 0. The summed E-state index contributed by atoms with van der Waals surface area (Å²) in [4.78, 5) is 11.3. The maximum Gasteiger partial charge on any atom is 0.233 e. The van der Waals surface area contributed by atoms with Crippen LogP contribution >= 0.6 is 0 Å². The van der Waals surface area contributed by atoms with E-state index in [1.54, 1.807) is 0 Å². The molecule has 0 aromatic heterocycles. The normalized spacial score (nSPS) is 12.1. The van der Waals surface area contributed by atoms with Gasteiger partial charge in [-0.25, -0.2) is 0 Å². The first-order chi connectivity index (χ1) is 8.24. The summed E-state index contributed by atoms with van der Waals surface area (Å²) in [6, 6.07) is 10.3. The topological polar surface area (TPSA) is 41.1 Å². The molecule has 0 aliphatic rings. The Morgan fingerprint density at radius 2 is 2.00 bits per heavy atom. The molecule has 0 saturated carbocycles. The van der Waals surface area contributed by atoms with Crippen molar-refractivity contribution < 1.29 is 4.79 Å².